The molecule has 0 spiro atoms. The molecule has 0 aromatic heterocycles. The van der Waals surface area contributed by atoms with Crippen LogP contribution < -0.4 is 0 Å². The number of hydrogen-bond donors (Lipinski definition) is 1. The quantitative estimate of drug-likeness (QED) is 0.0214. The molecule has 0 aliphatic carbocycles. The first-order chi connectivity index (χ1) is 28.6. The number of carbonyl (C=O) groups is 1. The third-order valence-electron chi connectivity index (χ3n) is 10.7. The Morgan fingerprint density at radius 3 is 1.39 bits per heavy atom. The van der Waals surface area contributed by atoms with Crippen LogP contribution in [-0.2, 0) is 27.9 Å². The predicted octanol–water partition coefficient (Wildman–Crippen LogP) is 14.9. The number of phosphoric acid groups is 1. The van der Waals surface area contributed by atoms with E-state index in [1.54, 1.807) is 0 Å². The molecule has 0 saturated heterocycles. The lowest BCUT2D eigenvalue weighted by atomic mass is 10.0. The minimum atomic E-state index is -4.28. The zero-order chi connectivity index (χ0) is 43.4. The molecular weight excluding hydrogens is 758 g/mol. The Hall–Kier alpha value is -1.28. The van der Waals surface area contributed by atoms with E-state index in [2.05, 4.69) is 50.3 Å². The number of rotatable bonds is 46. The van der Waals surface area contributed by atoms with Crippen molar-refractivity contribution in [2.45, 2.75) is 225 Å². The van der Waals surface area contributed by atoms with Gasteiger partial charge in [-0.15, -0.1) is 0 Å². The molecule has 2 atom stereocenters. The summed E-state index contributed by atoms with van der Waals surface area (Å²) in [5.74, 6) is -0.318. The Labute approximate surface area is 365 Å². The van der Waals surface area contributed by atoms with E-state index >= 15 is 0 Å². The topological polar surface area (TPSA) is 91.3 Å². The summed E-state index contributed by atoms with van der Waals surface area (Å²) < 4.78 is 35.1. The molecule has 9 heteroatoms. The Balaban J connectivity index is 4.15. The van der Waals surface area contributed by atoms with E-state index in [0.29, 0.717) is 24.1 Å². The summed E-state index contributed by atoms with van der Waals surface area (Å²) in [7, 11) is 1.67. The Morgan fingerprint density at radius 2 is 0.932 bits per heavy atom. The monoisotopic (exact) mass is 855 g/mol. The number of hydrogen-bond acceptors (Lipinski definition) is 6. The number of nitrogens with zero attached hydrogens (tertiary/aromatic N) is 1. The molecule has 0 bridgehead atoms. The second-order valence-electron chi connectivity index (χ2n) is 17.9. The van der Waals surface area contributed by atoms with Gasteiger partial charge in [-0.3, -0.25) is 13.8 Å². The van der Waals surface area contributed by atoms with Gasteiger partial charge in [0.1, 0.15) is 19.3 Å². The summed E-state index contributed by atoms with van der Waals surface area (Å²) >= 11 is 0. The Bertz CT molecular complexity index is 1040. The van der Waals surface area contributed by atoms with Gasteiger partial charge in [0.2, 0.25) is 0 Å². The van der Waals surface area contributed by atoms with Gasteiger partial charge in [-0.25, -0.2) is 4.57 Å². The molecule has 0 aromatic rings. The van der Waals surface area contributed by atoms with Crippen molar-refractivity contribution < 1.29 is 37.3 Å². The fraction of sp³-hybridized carbons (Fsp3) is 0.860. The first kappa shape index (κ1) is 57.7. The molecule has 0 aliphatic rings. The Morgan fingerprint density at radius 1 is 0.525 bits per heavy atom. The van der Waals surface area contributed by atoms with Crippen LogP contribution in [0.5, 0.6) is 0 Å². The minimum absolute atomic E-state index is 0.0880. The molecule has 0 fully saturated rings. The fourth-order valence-corrected chi connectivity index (χ4v) is 7.60. The van der Waals surface area contributed by atoms with Crippen molar-refractivity contribution in [3.8, 4) is 0 Å². The minimum Gasteiger partial charge on any atom is -0.457 e. The van der Waals surface area contributed by atoms with Crippen LogP contribution in [0.25, 0.3) is 0 Å². The normalized spacial score (nSPS) is 13.9. The van der Waals surface area contributed by atoms with Crippen LogP contribution in [0.15, 0.2) is 36.5 Å². The van der Waals surface area contributed by atoms with E-state index in [-0.39, 0.29) is 25.8 Å². The fourth-order valence-electron chi connectivity index (χ4n) is 6.85. The summed E-state index contributed by atoms with van der Waals surface area (Å²) in [6.45, 7) is 5.63. The summed E-state index contributed by atoms with van der Waals surface area (Å²) in [6.07, 6.45) is 51.8. The first-order valence-electron chi connectivity index (χ1n) is 24.7. The van der Waals surface area contributed by atoms with E-state index in [4.69, 9.17) is 18.5 Å². The highest BCUT2D eigenvalue weighted by atomic mass is 31.2. The van der Waals surface area contributed by atoms with E-state index in [0.717, 1.165) is 51.4 Å². The van der Waals surface area contributed by atoms with Crippen molar-refractivity contribution in [2.75, 3.05) is 54.1 Å². The maximum absolute atomic E-state index is 12.7. The zero-order valence-corrected chi connectivity index (χ0v) is 40.4. The van der Waals surface area contributed by atoms with Crippen molar-refractivity contribution in [3.05, 3.63) is 36.5 Å². The summed E-state index contributed by atoms with van der Waals surface area (Å²) in [5.41, 5.74) is 0. The van der Waals surface area contributed by atoms with Crippen LogP contribution in [0.1, 0.15) is 219 Å². The van der Waals surface area contributed by atoms with Crippen molar-refractivity contribution in [1.82, 2.24) is 0 Å². The van der Waals surface area contributed by atoms with Crippen molar-refractivity contribution in [1.29, 1.82) is 0 Å². The van der Waals surface area contributed by atoms with Gasteiger partial charge in [0.15, 0.2) is 0 Å². The van der Waals surface area contributed by atoms with Gasteiger partial charge in [0.25, 0.3) is 0 Å². The standard InChI is InChI=1S/C50H96NO7P/c1-6-8-10-12-14-16-18-20-22-23-24-25-26-27-28-29-30-31-33-35-37-39-41-43-50(52)58-49(48-57-59(53,54)56-46-44-51(3,4)5)47-55-45-42-40-38-36-34-32-21-19-17-15-13-11-9-7-2/h18,20,23-24,26-27,49H,6-17,19,21-22,25,28-48H2,1-5H3/p+1/b20-18-,24-23-,27-26-. The van der Waals surface area contributed by atoms with Crippen LogP contribution in [0, 0.1) is 0 Å². The van der Waals surface area contributed by atoms with Gasteiger partial charge in [-0.05, 0) is 51.4 Å². The summed E-state index contributed by atoms with van der Waals surface area (Å²) in [5, 5.41) is 0. The van der Waals surface area contributed by atoms with Crippen LogP contribution >= 0.6 is 7.82 Å². The number of carbonyl (C=O) groups excluding carboxylic acids is 1. The Kier molecular flexibility index (Phi) is 42.4. The number of allylic oxidation sites excluding steroid dienone is 6. The summed E-state index contributed by atoms with van der Waals surface area (Å²) in [6, 6.07) is 0. The van der Waals surface area contributed by atoms with Crippen molar-refractivity contribution in [2.24, 2.45) is 0 Å². The largest absolute Gasteiger partial charge is 0.472 e. The second kappa shape index (κ2) is 43.4. The molecule has 0 amide bonds. The van der Waals surface area contributed by atoms with Gasteiger partial charge in [-0.1, -0.05) is 198 Å². The lowest BCUT2D eigenvalue weighted by Gasteiger charge is -2.24. The number of likely N-dealkylation sites (N-methyl/N-ethyl adjacent to an activating group) is 1. The first-order valence-corrected chi connectivity index (χ1v) is 26.2. The smallest absolute Gasteiger partial charge is 0.457 e. The van der Waals surface area contributed by atoms with Crippen LogP contribution in [0.3, 0.4) is 0 Å². The highest BCUT2D eigenvalue weighted by Gasteiger charge is 2.26. The molecule has 0 radical (unpaired) electrons. The second-order valence-corrected chi connectivity index (χ2v) is 19.3. The van der Waals surface area contributed by atoms with Crippen LogP contribution in [0.4, 0.5) is 0 Å². The summed E-state index contributed by atoms with van der Waals surface area (Å²) in [4.78, 5) is 23.0. The highest BCUT2D eigenvalue weighted by molar-refractivity contribution is 7.47. The van der Waals surface area contributed by atoms with Gasteiger partial charge in [0, 0.05) is 13.0 Å². The molecule has 348 valence electrons. The van der Waals surface area contributed by atoms with Gasteiger partial charge < -0.3 is 18.9 Å². The van der Waals surface area contributed by atoms with Crippen molar-refractivity contribution >= 4 is 13.8 Å². The molecule has 0 aliphatic heterocycles. The predicted molar refractivity (Wildman–Crippen MR) is 252 cm³/mol. The zero-order valence-electron chi connectivity index (χ0n) is 39.5. The number of phosphoric ester groups is 1. The molecule has 0 heterocycles. The maximum atomic E-state index is 12.7. The number of ether oxygens (including phenoxy) is 2. The third kappa shape index (κ3) is 47.6. The number of quaternary nitrogens is 1. The molecule has 1 N–H and O–H groups in total. The van der Waals surface area contributed by atoms with Crippen LogP contribution in [0.2, 0.25) is 0 Å². The lowest BCUT2D eigenvalue weighted by Crippen LogP contribution is -2.37. The average molecular weight is 855 g/mol. The van der Waals surface area contributed by atoms with E-state index in [9.17, 15) is 14.3 Å². The molecule has 0 rings (SSSR count). The molecule has 8 nitrogen and oxygen atoms in total. The van der Waals surface area contributed by atoms with Gasteiger partial charge in [-0.2, -0.15) is 0 Å². The van der Waals surface area contributed by atoms with Crippen molar-refractivity contribution in [3.63, 3.8) is 0 Å². The molecule has 59 heavy (non-hydrogen) atoms. The third-order valence-corrected chi connectivity index (χ3v) is 11.7. The molecule has 0 aromatic carbocycles. The maximum Gasteiger partial charge on any atom is 0.472 e. The SMILES string of the molecule is CCCCCCC/C=C\C/C=C\C/C=C\CCCCCCCCCCC(=O)OC(COCCCCCCCCCCCCCCCC)COP(=O)(O)OCC[N+](C)(C)C. The van der Waals surface area contributed by atoms with E-state index in [1.165, 1.54) is 148 Å². The van der Waals surface area contributed by atoms with Gasteiger partial charge in [0.05, 0.1) is 34.4 Å². The van der Waals surface area contributed by atoms with Crippen LogP contribution in [-0.4, -0.2) is 75.6 Å². The highest BCUT2D eigenvalue weighted by Crippen LogP contribution is 2.43. The number of esters is 1. The van der Waals surface area contributed by atoms with Gasteiger partial charge >= 0.3 is 13.8 Å². The lowest BCUT2D eigenvalue weighted by molar-refractivity contribution is -0.870. The molecule has 2 unspecified atom stereocenters. The van der Waals surface area contributed by atoms with E-state index in [1.807, 2.05) is 21.1 Å². The molecular formula is C50H97NO7P+. The average Bonchev–Trinajstić information content (AvgIpc) is 3.19. The van der Waals surface area contributed by atoms with E-state index < -0.39 is 13.9 Å². The molecule has 0 saturated carbocycles. The number of unbranched alkanes of at least 4 members (excludes halogenated alkanes) is 26.